The van der Waals surface area contributed by atoms with Crippen LogP contribution in [0, 0.1) is 0 Å². The first-order valence-corrected chi connectivity index (χ1v) is 3.49. The van der Waals surface area contributed by atoms with Crippen molar-refractivity contribution in [2.24, 2.45) is 0 Å². The van der Waals surface area contributed by atoms with Gasteiger partial charge in [-0.15, -0.1) is 0 Å². The number of halogens is 6. The Morgan fingerprint density at radius 2 is 0.800 bits per heavy atom. The van der Waals surface area contributed by atoms with Gasteiger partial charge in [0.2, 0.25) is 0 Å². The van der Waals surface area contributed by atoms with Crippen LogP contribution in [0.15, 0.2) is 0 Å². The smallest absolute Gasteiger partial charge is 1.00 e. The van der Waals surface area contributed by atoms with Crippen LogP contribution in [0.4, 0.5) is 25.2 Å². The largest absolute Gasteiger partial charge is 1.00 e. The summed E-state index contributed by atoms with van der Waals surface area (Å²) in [4.78, 5) is 0. The van der Waals surface area contributed by atoms with Crippen LogP contribution < -0.4 is 51.4 Å². The van der Waals surface area contributed by atoms with Crippen molar-refractivity contribution in [1.82, 2.24) is 0 Å². The van der Waals surface area contributed by atoms with Gasteiger partial charge in [0.25, 0.3) is 0 Å². The van der Waals surface area contributed by atoms with E-state index in [1.165, 1.54) is 0 Å². The third-order valence-corrected chi connectivity index (χ3v) is 0. The van der Waals surface area contributed by atoms with E-state index in [0.717, 1.165) is 7.11 Å². The average molecular weight is 216 g/mol. The topological polar surface area (TPSA) is 20.2 Å². The minimum atomic E-state index is -10.7. The summed E-state index contributed by atoms with van der Waals surface area (Å²) in [6, 6.07) is 0. The first-order valence-electron chi connectivity index (χ1n) is 1.46. The van der Waals surface area contributed by atoms with Crippen molar-refractivity contribution in [2.45, 2.75) is 0 Å². The van der Waals surface area contributed by atoms with Gasteiger partial charge in [-0.1, -0.05) is 0 Å². The number of hydrogen-bond donors (Lipinski definition) is 1. The molecule has 10 heavy (non-hydrogen) atoms. The van der Waals surface area contributed by atoms with Gasteiger partial charge in [-0.05, 0) is 0 Å². The van der Waals surface area contributed by atoms with Gasteiger partial charge in [-0.25, -0.2) is 0 Å². The molecule has 0 saturated carbocycles. The standard InChI is InChI=1S/CH4O.F6P.K/c1-2;1-7(2,3,4,5)6;/h2H,1H3;;/q;-1;+1. The molecule has 9 heteroatoms. The molecular formula is CH4F6KOP. The van der Waals surface area contributed by atoms with Crippen LogP contribution in [-0.2, 0) is 0 Å². The Morgan fingerprint density at radius 3 is 0.800 bits per heavy atom. The molecule has 0 aromatic rings. The Labute approximate surface area is 95.4 Å². The van der Waals surface area contributed by atoms with Gasteiger partial charge in [-0.2, -0.15) is 0 Å². The molecule has 0 aromatic heterocycles. The molecule has 0 unspecified atom stereocenters. The predicted octanol–water partition coefficient (Wildman–Crippen LogP) is -0.00510. The quantitative estimate of drug-likeness (QED) is 0.343. The normalized spacial score (nSPS) is 16.8. The molecule has 1 N–H and O–H groups in total. The van der Waals surface area contributed by atoms with Crippen LogP contribution in [0.5, 0.6) is 0 Å². The summed E-state index contributed by atoms with van der Waals surface area (Å²) >= 11 is 0. The van der Waals surface area contributed by atoms with Crippen LogP contribution >= 0.6 is 7.81 Å². The van der Waals surface area contributed by atoms with Gasteiger partial charge in [-0.3, -0.25) is 0 Å². The second-order valence-corrected chi connectivity index (χ2v) is 2.87. The molecule has 0 fully saturated rings. The molecule has 0 rings (SSSR count). The first kappa shape index (κ1) is 17.6. The van der Waals surface area contributed by atoms with Crippen LogP contribution in [0.25, 0.3) is 0 Å². The van der Waals surface area contributed by atoms with E-state index in [1.807, 2.05) is 0 Å². The van der Waals surface area contributed by atoms with Gasteiger partial charge in [0.1, 0.15) is 0 Å². The molecule has 0 aliphatic heterocycles. The maximum atomic E-state index is 9.87. The Morgan fingerprint density at radius 1 is 0.800 bits per heavy atom. The fraction of sp³-hybridized carbons (Fsp3) is 1.00. The van der Waals surface area contributed by atoms with Crippen LogP contribution in [0.1, 0.15) is 0 Å². The predicted molar refractivity (Wildman–Crippen MR) is 21.7 cm³/mol. The summed E-state index contributed by atoms with van der Waals surface area (Å²) in [5.74, 6) is 0. The van der Waals surface area contributed by atoms with E-state index in [-0.39, 0.29) is 51.4 Å². The summed E-state index contributed by atoms with van der Waals surface area (Å²) in [6.45, 7) is 0. The number of rotatable bonds is 0. The van der Waals surface area contributed by atoms with E-state index < -0.39 is 7.81 Å². The van der Waals surface area contributed by atoms with Crippen LogP contribution in [-0.4, -0.2) is 12.2 Å². The van der Waals surface area contributed by atoms with E-state index in [1.54, 1.807) is 0 Å². The summed E-state index contributed by atoms with van der Waals surface area (Å²) in [7, 11) is -9.66. The molecule has 1 nitrogen and oxygen atoms in total. The summed E-state index contributed by atoms with van der Waals surface area (Å²) in [5, 5.41) is 7.00. The molecule has 0 aliphatic rings. The average Bonchev–Trinajstić information content (AvgIpc) is 1.30. The van der Waals surface area contributed by atoms with Crippen molar-refractivity contribution >= 4 is 7.81 Å². The molecule has 0 heterocycles. The number of aliphatic hydroxyl groups is 1. The van der Waals surface area contributed by atoms with E-state index in [4.69, 9.17) is 5.11 Å². The number of aliphatic hydroxyl groups excluding tert-OH is 1. The van der Waals surface area contributed by atoms with E-state index >= 15 is 0 Å². The van der Waals surface area contributed by atoms with Crippen molar-refractivity contribution in [1.29, 1.82) is 0 Å². The summed E-state index contributed by atoms with van der Waals surface area (Å²) in [6.07, 6.45) is 0. The Kier molecular flexibility index (Phi) is 6.26. The van der Waals surface area contributed by atoms with E-state index in [0.29, 0.717) is 0 Å². The van der Waals surface area contributed by atoms with Crippen LogP contribution in [0.3, 0.4) is 0 Å². The second-order valence-electron chi connectivity index (χ2n) is 0.958. The molecular weight excluding hydrogens is 212 g/mol. The zero-order chi connectivity index (χ0) is 8.41. The molecule has 0 aromatic carbocycles. The van der Waals surface area contributed by atoms with Crippen molar-refractivity contribution in [3.63, 3.8) is 0 Å². The maximum Gasteiger partial charge on any atom is 1.00 e. The molecule has 0 bridgehead atoms. The summed E-state index contributed by atoms with van der Waals surface area (Å²) < 4.78 is 59.2. The third-order valence-electron chi connectivity index (χ3n) is 0. The maximum absolute atomic E-state index is 10.7. The minimum Gasteiger partial charge on any atom is 1.00 e. The molecule has 0 amide bonds. The molecule has 62 valence electrons. The van der Waals surface area contributed by atoms with Gasteiger partial charge in [0, 0.05) is 7.11 Å². The van der Waals surface area contributed by atoms with Crippen molar-refractivity contribution < 1.29 is 81.7 Å². The van der Waals surface area contributed by atoms with Crippen molar-refractivity contribution in [3.05, 3.63) is 0 Å². The Hall–Kier alpha value is 1.61. The third kappa shape index (κ3) is 276. The molecule has 0 radical (unpaired) electrons. The fourth-order valence-corrected chi connectivity index (χ4v) is 0. The monoisotopic (exact) mass is 216 g/mol. The fourth-order valence-electron chi connectivity index (χ4n) is 0. The van der Waals surface area contributed by atoms with Crippen LogP contribution in [0.2, 0.25) is 0 Å². The van der Waals surface area contributed by atoms with E-state index in [9.17, 15) is 25.2 Å². The molecule has 0 saturated heterocycles. The molecule has 0 atom stereocenters. The van der Waals surface area contributed by atoms with Gasteiger partial charge in [0.15, 0.2) is 0 Å². The van der Waals surface area contributed by atoms with E-state index in [2.05, 4.69) is 0 Å². The SMILES string of the molecule is CO.F[P-](F)(F)(F)(F)F.[K+]. The summed E-state index contributed by atoms with van der Waals surface area (Å²) in [5.41, 5.74) is 0. The number of hydrogen-bond acceptors (Lipinski definition) is 1. The first-order chi connectivity index (χ1) is 3.45. The van der Waals surface area contributed by atoms with Crippen molar-refractivity contribution in [2.75, 3.05) is 7.11 Å². The van der Waals surface area contributed by atoms with Crippen molar-refractivity contribution in [3.8, 4) is 0 Å². The zero-order valence-corrected chi connectivity index (χ0v) is 9.18. The van der Waals surface area contributed by atoms with Gasteiger partial charge in [0.05, 0.1) is 0 Å². The molecule has 0 aliphatic carbocycles. The second kappa shape index (κ2) is 3.55. The minimum absolute atomic E-state index is 0. The van der Waals surface area contributed by atoms with Gasteiger partial charge < -0.3 is 5.11 Å². The Bertz CT molecular complexity index is 76.3. The molecule has 0 spiro atoms. The zero-order valence-electron chi connectivity index (χ0n) is 5.16. The van der Waals surface area contributed by atoms with Gasteiger partial charge >= 0.3 is 84.4 Å². The Balaban J connectivity index is -0.000000149.